The maximum absolute atomic E-state index is 9.43. The molecule has 1 rings (SSSR count). The van der Waals surface area contributed by atoms with Crippen LogP contribution in [0.3, 0.4) is 0 Å². The highest BCUT2D eigenvalue weighted by Crippen LogP contribution is 2.36. The first kappa shape index (κ1) is 11.0. The van der Waals surface area contributed by atoms with E-state index in [2.05, 4.69) is 13.8 Å². The van der Waals surface area contributed by atoms with Gasteiger partial charge in [0, 0.05) is 13.2 Å². The van der Waals surface area contributed by atoms with Gasteiger partial charge in [-0.05, 0) is 37.5 Å². The maximum atomic E-state index is 9.43. The van der Waals surface area contributed by atoms with Crippen molar-refractivity contribution in [3.8, 4) is 0 Å². The summed E-state index contributed by atoms with van der Waals surface area (Å²) >= 11 is 0. The molecule has 1 heterocycles. The van der Waals surface area contributed by atoms with Crippen molar-refractivity contribution >= 4 is 0 Å². The quantitative estimate of drug-likeness (QED) is 0.732. The lowest BCUT2D eigenvalue weighted by atomic mass is 9.74. The summed E-state index contributed by atoms with van der Waals surface area (Å²) < 4.78 is 5.34. The predicted octanol–water partition coefficient (Wildman–Crippen LogP) is 2.21. The molecule has 0 radical (unpaired) electrons. The number of hydrogen-bond acceptors (Lipinski definition) is 2. The number of hydrogen-bond donors (Lipinski definition) is 1. The van der Waals surface area contributed by atoms with Gasteiger partial charge in [-0.25, -0.2) is 0 Å². The van der Waals surface area contributed by atoms with Gasteiger partial charge in [0.2, 0.25) is 0 Å². The molecule has 0 bridgehead atoms. The fraction of sp³-hybridized carbons (Fsp3) is 1.00. The molecule has 2 nitrogen and oxygen atoms in total. The van der Waals surface area contributed by atoms with Crippen molar-refractivity contribution in [2.24, 2.45) is 11.3 Å². The van der Waals surface area contributed by atoms with Crippen molar-refractivity contribution in [1.82, 2.24) is 0 Å². The van der Waals surface area contributed by atoms with Crippen LogP contribution in [0, 0.1) is 11.3 Å². The molecule has 1 saturated heterocycles. The zero-order valence-corrected chi connectivity index (χ0v) is 9.05. The minimum Gasteiger partial charge on any atom is -0.393 e. The van der Waals surface area contributed by atoms with E-state index in [1.165, 1.54) is 0 Å². The second kappa shape index (κ2) is 4.43. The highest BCUT2D eigenvalue weighted by atomic mass is 16.5. The first-order chi connectivity index (χ1) is 6.03. The summed E-state index contributed by atoms with van der Waals surface area (Å²) in [4.78, 5) is 0. The summed E-state index contributed by atoms with van der Waals surface area (Å²) in [6, 6.07) is 0. The summed E-state index contributed by atoms with van der Waals surface area (Å²) in [7, 11) is 0. The van der Waals surface area contributed by atoms with Crippen LogP contribution in [0.25, 0.3) is 0 Å². The smallest absolute Gasteiger partial charge is 0.0537 e. The van der Waals surface area contributed by atoms with Gasteiger partial charge in [0.1, 0.15) is 0 Å². The topological polar surface area (TPSA) is 29.5 Å². The summed E-state index contributed by atoms with van der Waals surface area (Å²) in [6.07, 6.45) is 3.22. The first-order valence-corrected chi connectivity index (χ1v) is 5.29. The van der Waals surface area contributed by atoms with Crippen LogP contribution >= 0.6 is 0 Å². The third-order valence-corrected chi connectivity index (χ3v) is 3.34. The van der Waals surface area contributed by atoms with Crippen LogP contribution in [-0.2, 0) is 4.74 Å². The average Bonchev–Trinajstić information content (AvgIpc) is 2.04. The summed E-state index contributed by atoms with van der Waals surface area (Å²) in [5.74, 6) is 0.406. The van der Waals surface area contributed by atoms with Crippen LogP contribution in [0.15, 0.2) is 0 Å². The van der Waals surface area contributed by atoms with Gasteiger partial charge in [-0.2, -0.15) is 0 Å². The molecule has 2 atom stereocenters. The number of ether oxygens (including phenoxy) is 1. The van der Waals surface area contributed by atoms with Gasteiger partial charge >= 0.3 is 0 Å². The second-order valence-electron chi connectivity index (χ2n) is 4.85. The lowest BCUT2D eigenvalue weighted by Gasteiger charge is -2.36. The molecular formula is C11H22O2. The molecular weight excluding hydrogens is 164 g/mol. The van der Waals surface area contributed by atoms with E-state index in [1.807, 2.05) is 6.92 Å². The monoisotopic (exact) mass is 186 g/mol. The van der Waals surface area contributed by atoms with E-state index in [0.717, 1.165) is 32.5 Å². The lowest BCUT2D eigenvalue weighted by Crippen LogP contribution is -2.30. The Morgan fingerprint density at radius 3 is 2.31 bits per heavy atom. The van der Waals surface area contributed by atoms with Crippen LogP contribution in [0.5, 0.6) is 0 Å². The lowest BCUT2D eigenvalue weighted by molar-refractivity contribution is 0.000100. The summed E-state index contributed by atoms with van der Waals surface area (Å²) in [5.41, 5.74) is 0.397. The van der Waals surface area contributed by atoms with E-state index in [4.69, 9.17) is 4.74 Å². The van der Waals surface area contributed by atoms with E-state index in [9.17, 15) is 5.11 Å². The summed E-state index contributed by atoms with van der Waals surface area (Å²) in [6.45, 7) is 8.11. The van der Waals surface area contributed by atoms with E-state index in [-0.39, 0.29) is 6.10 Å². The standard InChI is InChI=1S/C11H22O2/c1-9(10(2)12)8-11(3)4-6-13-7-5-11/h9-10,12H,4-8H2,1-3H3. The first-order valence-electron chi connectivity index (χ1n) is 5.29. The minimum absolute atomic E-state index is 0.181. The molecule has 0 aromatic rings. The molecule has 0 amide bonds. The van der Waals surface area contributed by atoms with Crippen molar-refractivity contribution < 1.29 is 9.84 Å². The van der Waals surface area contributed by atoms with Crippen molar-refractivity contribution in [3.05, 3.63) is 0 Å². The van der Waals surface area contributed by atoms with Gasteiger partial charge in [0.05, 0.1) is 6.10 Å². The molecule has 1 N–H and O–H groups in total. The van der Waals surface area contributed by atoms with Gasteiger partial charge in [0.25, 0.3) is 0 Å². The zero-order chi connectivity index (χ0) is 9.90. The van der Waals surface area contributed by atoms with E-state index in [0.29, 0.717) is 11.3 Å². The zero-order valence-electron chi connectivity index (χ0n) is 9.05. The predicted molar refractivity (Wildman–Crippen MR) is 53.6 cm³/mol. The second-order valence-corrected chi connectivity index (χ2v) is 4.85. The highest BCUT2D eigenvalue weighted by molar-refractivity contribution is 4.80. The Morgan fingerprint density at radius 2 is 1.85 bits per heavy atom. The van der Waals surface area contributed by atoms with Gasteiger partial charge in [-0.1, -0.05) is 13.8 Å². The van der Waals surface area contributed by atoms with Crippen LogP contribution < -0.4 is 0 Å². The van der Waals surface area contributed by atoms with Crippen molar-refractivity contribution in [1.29, 1.82) is 0 Å². The van der Waals surface area contributed by atoms with Crippen LogP contribution in [0.2, 0.25) is 0 Å². The third kappa shape index (κ3) is 3.28. The van der Waals surface area contributed by atoms with Crippen molar-refractivity contribution in [2.45, 2.75) is 46.1 Å². The van der Waals surface area contributed by atoms with Crippen LogP contribution in [0.1, 0.15) is 40.0 Å². The molecule has 0 aromatic carbocycles. The molecule has 2 heteroatoms. The van der Waals surface area contributed by atoms with E-state index in [1.54, 1.807) is 0 Å². The third-order valence-electron chi connectivity index (χ3n) is 3.34. The number of aliphatic hydroxyl groups excluding tert-OH is 1. The molecule has 1 fully saturated rings. The van der Waals surface area contributed by atoms with Crippen LogP contribution in [-0.4, -0.2) is 24.4 Å². The molecule has 78 valence electrons. The van der Waals surface area contributed by atoms with Gasteiger partial charge < -0.3 is 9.84 Å². The number of aliphatic hydroxyl groups is 1. The van der Waals surface area contributed by atoms with E-state index >= 15 is 0 Å². The Labute approximate surface area is 81.3 Å². The van der Waals surface area contributed by atoms with Gasteiger partial charge in [-0.15, -0.1) is 0 Å². The van der Waals surface area contributed by atoms with Crippen LogP contribution in [0.4, 0.5) is 0 Å². The van der Waals surface area contributed by atoms with Crippen molar-refractivity contribution in [3.63, 3.8) is 0 Å². The van der Waals surface area contributed by atoms with Crippen molar-refractivity contribution in [2.75, 3.05) is 13.2 Å². The van der Waals surface area contributed by atoms with E-state index < -0.39 is 0 Å². The number of rotatable bonds is 3. The Kier molecular flexibility index (Phi) is 3.74. The molecule has 0 spiro atoms. The van der Waals surface area contributed by atoms with Gasteiger partial charge in [0.15, 0.2) is 0 Å². The Hall–Kier alpha value is -0.0800. The Balaban J connectivity index is 2.40. The highest BCUT2D eigenvalue weighted by Gasteiger charge is 2.30. The fourth-order valence-corrected chi connectivity index (χ4v) is 2.02. The largest absolute Gasteiger partial charge is 0.393 e. The molecule has 0 aromatic heterocycles. The van der Waals surface area contributed by atoms with Gasteiger partial charge in [-0.3, -0.25) is 0 Å². The SMILES string of the molecule is CC(O)C(C)CC1(C)CCOCC1. The molecule has 0 saturated carbocycles. The fourth-order valence-electron chi connectivity index (χ4n) is 2.02. The summed E-state index contributed by atoms with van der Waals surface area (Å²) in [5, 5.41) is 9.43. The molecule has 13 heavy (non-hydrogen) atoms. The minimum atomic E-state index is -0.181. The Bertz CT molecular complexity index is 148. The molecule has 1 aliphatic heterocycles. The Morgan fingerprint density at radius 1 is 1.31 bits per heavy atom. The molecule has 1 aliphatic rings. The average molecular weight is 186 g/mol. The normalized spacial score (nSPS) is 26.8. The molecule has 0 aliphatic carbocycles. The molecule has 2 unspecified atom stereocenters. The maximum Gasteiger partial charge on any atom is 0.0537 e.